The van der Waals surface area contributed by atoms with Crippen molar-refractivity contribution >= 4 is 10.0 Å². The molecule has 1 fully saturated rings. The summed E-state index contributed by atoms with van der Waals surface area (Å²) in [6.45, 7) is 5.86. The highest BCUT2D eigenvalue weighted by Crippen LogP contribution is 2.59. The largest absolute Gasteiger partial charge is 0.304 e. The zero-order valence-corrected chi connectivity index (χ0v) is 17.0. The van der Waals surface area contributed by atoms with Crippen molar-refractivity contribution in [2.75, 3.05) is 51.8 Å². The molecule has 0 unspecified atom stereocenters. The fourth-order valence-electron chi connectivity index (χ4n) is 3.49. The summed E-state index contributed by atoms with van der Waals surface area (Å²) in [5.74, 6) is 1.21. The van der Waals surface area contributed by atoms with E-state index in [-0.39, 0.29) is 0 Å². The number of benzene rings is 2. The van der Waals surface area contributed by atoms with E-state index in [1.54, 1.807) is 0 Å². The Kier molecular flexibility index (Phi) is 6.95. The van der Waals surface area contributed by atoms with Gasteiger partial charge in [0.05, 0.1) is 0 Å². The molecule has 0 atom stereocenters. The van der Waals surface area contributed by atoms with Gasteiger partial charge in [0.1, 0.15) is 0 Å². The topological polar surface area (TPSA) is 6.48 Å². The molecule has 1 saturated heterocycles. The zero-order valence-electron chi connectivity index (χ0n) is 16.2. The quantitative estimate of drug-likeness (QED) is 0.652. The van der Waals surface area contributed by atoms with E-state index in [1.807, 2.05) is 0 Å². The van der Waals surface area contributed by atoms with Crippen LogP contribution < -0.4 is 0 Å². The Hall–Kier alpha value is -1.55. The molecule has 3 heteroatoms. The highest BCUT2D eigenvalue weighted by Gasteiger charge is 2.22. The van der Waals surface area contributed by atoms with Crippen LogP contribution in [-0.2, 0) is 0 Å². The van der Waals surface area contributed by atoms with Crippen molar-refractivity contribution in [3.05, 3.63) is 72.8 Å². The van der Waals surface area contributed by atoms with Gasteiger partial charge in [-0.2, -0.15) is 10.0 Å². The van der Waals surface area contributed by atoms with Gasteiger partial charge >= 0.3 is 0 Å². The Morgan fingerprint density at radius 1 is 0.808 bits per heavy atom. The lowest BCUT2D eigenvalue weighted by molar-refractivity contribution is 0.166. The van der Waals surface area contributed by atoms with Gasteiger partial charge in [0.25, 0.3) is 0 Å². The molecule has 0 amide bonds. The second kappa shape index (κ2) is 9.40. The highest BCUT2D eigenvalue weighted by molar-refractivity contribution is 8.33. The van der Waals surface area contributed by atoms with Crippen LogP contribution in [0, 0.1) is 0 Å². The molecule has 2 nitrogen and oxygen atoms in total. The van der Waals surface area contributed by atoms with Gasteiger partial charge < -0.3 is 4.90 Å². The lowest BCUT2D eigenvalue weighted by atomic mass is 10.3. The normalized spacial score (nSPS) is 17.6. The second-order valence-electron chi connectivity index (χ2n) is 7.28. The van der Waals surface area contributed by atoms with Gasteiger partial charge in [0, 0.05) is 32.7 Å². The molecule has 1 aliphatic heterocycles. The van der Waals surface area contributed by atoms with E-state index in [0.717, 1.165) is 13.0 Å². The van der Waals surface area contributed by atoms with E-state index in [0.29, 0.717) is 0 Å². The molecule has 26 heavy (non-hydrogen) atoms. The summed E-state index contributed by atoms with van der Waals surface area (Å²) in [6, 6.07) is 22.1. The molecule has 1 aliphatic rings. The van der Waals surface area contributed by atoms with Crippen LogP contribution in [0.15, 0.2) is 82.6 Å². The maximum absolute atomic E-state index is 2.55. The lowest BCUT2D eigenvalue weighted by Crippen LogP contribution is -2.44. The maximum Gasteiger partial charge on any atom is 0.0164 e. The SMILES string of the molecule is CN1CCN(C/C=C/CCS(C)(c2ccccc2)c2ccccc2)CC1. The Balaban J connectivity index is 1.61. The smallest absolute Gasteiger partial charge is 0.0164 e. The predicted molar refractivity (Wildman–Crippen MR) is 115 cm³/mol. The molecule has 0 spiro atoms. The van der Waals surface area contributed by atoms with Crippen LogP contribution in [0.5, 0.6) is 0 Å². The first kappa shape index (κ1) is 19.2. The Labute approximate surface area is 160 Å². The lowest BCUT2D eigenvalue weighted by Gasteiger charge is -2.37. The van der Waals surface area contributed by atoms with Crippen molar-refractivity contribution in [2.24, 2.45) is 0 Å². The minimum Gasteiger partial charge on any atom is -0.304 e. The minimum absolute atomic E-state index is 0.981. The van der Waals surface area contributed by atoms with E-state index < -0.39 is 10.0 Å². The summed E-state index contributed by atoms with van der Waals surface area (Å²) >= 11 is 0. The van der Waals surface area contributed by atoms with Crippen LogP contribution in [0.3, 0.4) is 0 Å². The number of allylic oxidation sites excluding steroid dienone is 1. The number of likely N-dealkylation sites (N-methyl/N-ethyl adjacent to an activating group) is 1. The summed E-state index contributed by atoms with van der Waals surface area (Å²) in [5, 5.41) is 0. The molecule has 0 N–H and O–H groups in total. The monoisotopic (exact) mass is 368 g/mol. The molecule has 1 heterocycles. The standard InChI is InChI=1S/C23H32N2S/c1-24-17-19-25(20-18-24)16-10-5-11-21-26(2,22-12-6-3-7-13-22)23-14-8-4-9-15-23/h3-10,12-15H,11,16-21H2,1-2H3/b10-5+. The number of hydrogen-bond donors (Lipinski definition) is 0. The fraction of sp³-hybridized carbons (Fsp3) is 0.391. The van der Waals surface area contributed by atoms with Crippen molar-refractivity contribution in [2.45, 2.75) is 16.2 Å². The van der Waals surface area contributed by atoms with Crippen LogP contribution in [0.25, 0.3) is 0 Å². The van der Waals surface area contributed by atoms with Gasteiger partial charge in [-0.1, -0.05) is 48.6 Å². The van der Waals surface area contributed by atoms with Crippen molar-refractivity contribution in [3.63, 3.8) is 0 Å². The third-order valence-electron chi connectivity index (χ3n) is 5.35. The average Bonchev–Trinajstić information content (AvgIpc) is 2.70. The van der Waals surface area contributed by atoms with Crippen LogP contribution in [0.1, 0.15) is 6.42 Å². The Morgan fingerprint density at radius 2 is 1.35 bits per heavy atom. The molecule has 3 rings (SSSR count). The number of rotatable bonds is 7. The molecule has 0 bridgehead atoms. The van der Waals surface area contributed by atoms with Crippen molar-refractivity contribution in [1.82, 2.24) is 9.80 Å². The third-order valence-corrected chi connectivity index (χ3v) is 9.02. The van der Waals surface area contributed by atoms with Gasteiger partial charge in [-0.25, -0.2) is 0 Å². The first-order chi connectivity index (χ1) is 12.7. The van der Waals surface area contributed by atoms with Crippen LogP contribution >= 0.6 is 10.0 Å². The molecule has 2 aromatic carbocycles. The minimum atomic E-state index is -0.981. The van der Waals surface area contributed by atoms with Crippen molar-refractivity contribution < 1.29 is 0 Å². The average molecular weight is 369 g/mol. The summed E-state index contributed by atoms with van der Waals surface area (Å²) in [5.41, 5.74) is 0. The van der Waals surface area contributed by atoms with Crippen LogP contribution in [-0.4, -0.2) is 61.6 Å². The highest BCUT2D eigenvalue weighted by atomic mass is 32.3. The molecule has 140 valence electrons. The van der Waals surface area contributed by atoms with E-state index in [2.05, 4.69) is 95.9 Å². The third kappa shape index (κ3) is 5.00. The van der Waals surface area contributed by atoms with Crippen LogP contribution in [0.4, 0.5) is 0 Å². The summed E-state index contributed by atoms with van der Waals surface area (Å²) in [4.78, 5) is 7.93. The molecule has 0 radical (unpaired) electrons. The number of hydrogen-bond acceptors (Lipinski definition) is 2. The molecule has 0 aromatic heterocycles. The van der Waals surface area contributed by atoms with Gasteiger partial charge in [-0.15, -0.1) is 0 Å². The first-order valence-electron chi connectivity index (χ1n) is 9.60. The van der Waals surface area contributed by atoms with E-state index in [4.69, 9.17) is 0 Å². The van der Waals surface area contributed by atoms with Crippen LogP contribution in [0.2, 0.25) is 0 Å². The predicted octanol–water partition coefficient (Wildman–Crippen LogP) is 4.73. The van der Waals surface area contributed by atoms with Crippen molar-refractivity contribution in [1.29, 1.82) is 0 Å². The Morgan fingerprint density at radius 3 is 1.88 bits per heavy atom. The fourth-order valence-corrected chi connectivity index (χ4v) is 6.36. The van der Waals surface area contributed by atoms with Gasteiger partial charge in [0.2, 0.25) is 0 Å². The van der Waals surface area contributed by atoms with Crippen molar-refractivity contribution in [3.8, 4) is 0 Å². The molecule has 0 aliphatic carbocycles. The number of piperazine rings is 1. The molecular formula is C23H32N2S. The summed E-state index contributed by atoms with van der Waals surface area (Å²) < 4.78 is 0. The van der Waals surface area contributed by atoms with Gasteiger partial charge in [0.15, 0.2) is 0 Å². The van der Waals surface area contributed by atoms with E-state index in [1.165, 1.54) is 41.7 Å². The summed E-state index contributed by atoms with van der Waals surface area (Å²) in [7, 11) is 1.23. The first-order valence-corrected chi connectivity index (χ1v) is 11.8. The van der Waals surface area contributed by atoms with E-state index in [9.17, 15) is 0 Å². The summed E-state index contributed by atoms with van der Waals surface area (Å²) in [6.07, 6.45) is 8.38. The van der Waals surface area contributed by atoms with Gasteiger partial charge in [-0.3, -0.25) is 4.90 Å². The van der Waals surface area contributed by atoms with Gasteiger partial charge in [-0.05, 0) is 59.5 Å². The second-order valence-corrected chi connectivity index (χ2v) is 10.8. The molecular weight excluding hydrogens is 336 g/mol. The number of nitrogens with zero attached hydrogens (tertiary/aromatic N) is 2. The molecule has 2 aromatic rings. The van der Waals surface area contributed by atoms with E-state index >= 15 is 0 Å². The zero-order chi connectivity index (χ0) is 18.2. The maximum atomic E-state index is 2.55. The Bertz CT molecular complexity index is 636. The molecule has 0 saturated carbocycles.